The van der Waals surface area contributed by atoms with Gasteiger partial charge in [-0.3, -0.25) is 9.59 Å². The largest absolute Gasteiger partial charge is 0.484 e. The third-order valence-electron chi connectivity index (χ3n) is 3.48. The Hall–Kier alpha value is -3.59. The van der Waals surface area contributed by atoms with E-state index in [0.29, 0.717) is 24.3 Å². The van der Waals surface area contributed by atoms with Crippen molar-refractivity contribution >= 4 is 17.9 Å². The number of amides is 2. The van der Waals surface area contributed by atoms with E-state index in [-0.39, 0.29) is 12.2 Å². The van der Waals surface area contributed by atoms with E-state index in [1.165, 1.54) is 6.08 Å². The van der Waals surface area contributed by atoms with Crippen LogP contribution in [0.2, 0.25) is 0 Å². The number of primary amides is 1. The van der Waals surface area contributed by atoms with Crippen LogP contribution in [0.5, 0.6) is 5.75 Å². The number of carbonyl (C=O) groups is 2. The molecule has 132 valence electrons. The highest BCUT2D eigenvalue weighted by Gasteiger charge is 2.08. The van der Waals surface area contributed by atoms with Crippen LogP contribution >= 0.6 is 0 Å². The molecule has 26 heavy (non-hydrogen) atoms. The first-order valence-electron chi connectivity index (χ1n) is 8.03. The molecule has 2 aromatic carbocycles. The van der Waals surface area contributed by atoms with E-state index < -0.39 is 11.8 Å². The molecule has 0 aliphatic rings. The van der Waals surface area contributed by atoms with Crippen molar-refractivity contribution in [3.05, 3.63) is 71.3 Å². The van der Waals surface area contributed by atoms with Gasteiger partial charge < -0.3 is 15.8 Å². The molecule has 6 heteroatoms. The maximum atomic E-state index is 12.1. The fourth-order valence-electron chi connectivity index (χ4n) is 2.19. The number of carbonyl (C=O) groups excluding carboxylic acids is 2. The monoisotopic (exact) mass is 349 g/mol. The van der Waals surface area contributed by atoms with Crippen LogP contribution in [0.4, 0.5) is 0 Å². The number of rotatable bonds is 8. The topological polar surface area (TPSA) is 105 Å². The van der Waals surface area contributed by atoms with Crippen molar-refractivity contribution in [2.45, 2.75) is 6.42 Å². The van der Waals surface area contributed by atoms with Gasteiger partial charge in [0.2, 0.25) is 0 Å². The van der Waals surface area contributed by atoms with Crippen LogP contribution in [-0.2, 0) is 16.0 Å². The first-order valence-corrected chi connectivity index (χ1v) is 8.03. The maximum Gasteiger partial charge on any atom is 0.261 e. The third-order valence-corrected chi connectivity index (χ3v) is 3.48. The normalized spacial score (nSPS) is 10.7. The van der Waals surface area contributed by atoms with Crippen LogP contribution in [-0.4, -0.2) is 25.0 Å². The number of nitrogens with two attached hydrogens (primary N) is 1. The predicted molar refractivity (Wildman–Crippen MR) is 97.9 cm³/mol. The number of hydrogen-bond acceptors (Lipinski definition) is 4. The van der Waals surface area contributed by atoms with E-state index in [9.17, 15) is 14.9 Å². The SMILES string of the molecule is N#C/C(=C\c1ccc(OCC(N)=O)cc1)C(=O)NCCc1ccccc1. The van der Waals surface area contributed by atoms with Gasteiger partial charge in [-0.15, -0.1) is 0 Å². The van der Waals surface area contributed by atoms with E-state index in [2.05, 4.69) is 5.32 Å². The smallest absolute Gasteiger partial charge is 0.261 e. The number of nitriles is 1. The number of hydrogen-bond donors (Lipinski definition) is 2. The standard InChI is InChI=1S/C20H19N3O3/c21-13-17(20(25)23-11-10-15-4-2-1-3-5-15)12-16-6-8-18(9-7-16)26-14-19(22)24/h1-9,12H,10-11,14H2,(H2,22,24)(H,23,25)/b17-12+. The number of nitrogens with one attached hydrogen (secondary N) is 1. The van der Waals surface area contributed by atoms with Gasteiger partial charge in [-0.25, -0.2) is 0 Å². The fraction of sp³-hybridized carbons (Fsp3) is 0.150. The van der Waals surface area contributed by atoms with Crippen LogP contribution in [0.3, 0.4) is 0 Å². The molecule has 0 bridgehead atoms. The molecular formula is C20H19N3O3. The quantitative estimate of drug-likeness (QED) is 0.560. The molecule has 0 spiro atoms. The molecule has 0 radical (unpaired) electrons. The molecule has 0 atom stereocenters. The van der Waals surface area contributed by atoms with Crippen LogP contribution in [0.25, 0.3) is 6.08 Å². The highest BCUT2D eigenvalue weighted by molar-refractivity contribution is 6.01. The molecule has 0 fully saturated rings. The molecule has 2 rings (SSSR count). The summed E-state index contributed by atoms with van der Waals surface area (Å²) in [5, 5.41) is 12.0. The zero-order valence-corrected chi connectivity index (χ0v) is 14.1. The first kappa shape index (κ1) is 18.7. The van der Waals surface area contributed by atoms with Crippen molar-refractivity contribution in [2.24, 2.45) is 5.73 Å². The highest BCUT2D eigenvalue weighted by Crippen LogP contribution is 2.14. The summed E-state index contributed by atoms with van der Waals surface area (Å²) in [4.78, 5) is 22.8. The van der Waals surface area contributed by atoms with Gasteiger partial charge in [0.05, 0.1) is 0 Å². The molecule has 3 N–H and O–H groups in total. The summed E-state index contributed by atoms with van der Waals surface area (Å²) in [6, 6.07) is 18.3. The summed E-state index contributed by atoms with van der Waals surface area (Å²) in [6.45, 7) is 0.240. The number of ether oxygens (including phenoxy) is 1. The minimum atomic E-state index is -0.562. The van der Waals surface area contributed by atoms with Crippen molar-refractivity contribution in [2.75, 3.05) is 13.2 Å². The molecule has 0 aliphatic heterocycles. The molecule has 6 nitrogen and oxygen atoms in total. The van der Waals surface area contributed by atoms with E-state index >= 15 is 0 Å². The second kappa shape index (κ2) is 9.64. The molecule has 0 heterocycles. The lowest BCUT2D eigenvalue weighted by Crippen LogP contribution is -2.26. The number of benzene rings is 2. The van der Waals surface area contributed by atoms with Gasteiger partial charge in [0.15, 0.2) is 6.61 Å². The highest BCUT2D eigenvalue weighted by atomic mass is 16.5. The van der Waals surface area contributed by atoms with Crippen LogP contribution < -0.4 is 15.8 Å². The molecule has 2 amide bonds. The Balaban J connectivity index is 1.92. The lowest BCUT2D eigenvalue weighted by molar-refractivity contribution is -0.120. The lowest BCUT2D eigenvalue weighted by atomic mass is 10.1. The predicted octanol–water partition coefficient (Wildman–Crippen LogP) is 1.82. The maximum absolute atomic E-state index is 12.1. The summed E-state index contributed by atoms with van der Waals surface area (Å²) in [5.41, 5.74) is 6.81. The zero-order valence-electron chi connectivity index (χ0n) is 14.1. The van der Waals surface area contributed by atoms with Gasteiger partial charge >= 0.3 is 0 Å². The Morgan fingerprint density at radius 2 is 1.81 bits per heavy atom. The molecule has 0 unspecified atom stereocenters. The summed E-state index contributed by atoms with van der Waals surface area (Å²) >= 11 is 0. The van der Waals surface area contributed by atoms with Crippen molar-refractivity contribution in [3.8, 4) is 11.8 Å². The van der Waals surface area contributed by atoms with Crippen LogP contribution in [0.15, 0.2) is 60.2 Å². The van der Waals surface area contributed by atoms with Crippen LogP contribution in [0, 0.1) is 11.3 Å². The molecule has 0 saturated heterocycles. The average Bonchev–Trinajstić information content (AvgIpc) is 2.66. The van der Waals surface area contributed by atoms with E-state index in [0.717, 1.165) is 5.56 Å². The molecule has 2 aromatic rings. The summed E-state index contributed by atoms with van der Waals surface area (Å²) < 4.78 is 5.16. The van der Waals surface area contributed by atoms with Crippen molar-refractivity contribution in [1.82, 2.24) is 5.32 Å². The van der Waals surface area contributed by atoms with E-state index in [1.54, 1.807) is 24.3 Å². The Labute approximate surface area is 151 Å². The Kier molecular flexibility index (Phi) is 6.95. The summed E-state index contributed by atoms with van der Waals surface area (Å²) in [6.07, 6.45) is 2.19. The second-order valence-corrected chi connectivity index (χ2v) is 5.49. The van der Waals surface area contributed by atoms with E-state index in [4.69, 9.17) is 10.5 Å². The minimum Gasteiger partial charge on any atom is -0.484 e. The van der Waals surface area contributed by atoms with Gasteiger partial charge in [0.25, 0.3) is 11.8 Å². The first-order chi connectivity index (χ1) is 12.6. The Bertz CT molecular complexity index is 822. The molecule has 0 saturated carbocycles. The lowest BCUT2D eigenvalue weighted by Gasteiger charge is -2.05. The van der Waals surface area contributed by atoms with Crippen molar-refractivity contribution in [3.63, 3.8) is 0 Å². The average molecular weight is 349 g/mol. The van der Waals surface area contributed by atoms with Gasteiger partial charge in [-0.1, -0.05) is 42.5 Å². The van der Waals surface area contributed by atoms with Gasteiger partial charge in [0, 0.05) is 6.54 Å². The molecule has 0 aliphatic carbocycles. The van der Waals surface area contributed by atoms with Crippen molar-refractivity contribution in [1.29, 1.82) is 5.26 Å². The number of nitrogens with zero attached hydrogens (tertiary/aromatic N) is 1. The van der Waals surface area contributed by atoms with E-state index in [1.807, 2.05) is 36.4 Å². The summed E-state index contributed by atoms with van der Waals surface area (Å²) in [7, 11) is 0. The van der Waals surface area contributed by atoms with Crippen molar-refractivity contribution < 1.29 is 14.3 Å². The minimum absolute atomic E-state index is 0.0175. The van der Waals surface area contributed by atoms with Gasteiger partial charge in [0.1, 0.15) is 17.4 Å². The Morgan fingerprint density at radius 1 is 1.12 bits per heavy atom. The molecule has 0 aromatic heterocycles. The second-order valence-electron chi connectivity index (χ2n) is 5.49. The summed E-state index contributed by atoms with van der Waals surface area (Å²) in [5.74, 6) is -0.503. The molecular weight excluding hydrogens is 330 g/mol. The zero-order chi connectivity index (χ0) is 18.8. The van der Waals surface area contributed by atoms with Gasteiger partial charge in [-0.2, -0.15) is 5.26 Å². The van der Waals surface area contributed by atoms with Crippen LogP contribution in [0.1, 0.15) is 11.1 Å². The third kappa shape index (κ3) is 6.13. The fourth-order valence-corrected chi connectivity index (χ4v) is 2.19. The van der Waals surface area contributed by atoms with Gasteiger partial charge in [-0.05, 0) is 35.8 Å². The Morgan fingerprint density at radius 3 is 2.42 bits per heavy atom.